The van der Waals surface area contributed by atoms with Crippen molar-refractivity contribution < 1.29 is 14.0 Å². The number of H-pyrrole nitrogens is 1. The number of rotatable bonds is 5. The number of ether oxygens (including phenoxy) is 2. The zero-order valence-corrected chi connectivity index (χ0v) is 20.7. The van der Waals surface area contributed by atoms with Gasteiger partial charge in [0.15, 0.2) is 11.5 Å². The van der Waals surface area contributed by atoms with E-state index in [4.69, 9.17) is 24.0 Å². The third kappa shape index (κ3) is 4.18. The Balaban J connectivity index is 1.45. The maximum Gasteiger partial charge on any atom is 0.439 e. The summed E-state index contributed by atoms with van der Waals surface area (Å²) in [7, 11) is 0. The van der Waals surface area contributed by atoms with E-state index in [0.717, 1.165) is 56.0 Å². The Hall–Kier alpha value is -4.66. The summed E-state index contributed by atoms with van der Waals surface area (Å²) in [5.41, 5.74) is 8.49. The number of aryl methyl sites for hydroxylation is 2. The molecule has 0 unspecified atom stereocenters. The van der Waals surface area contributed by atoms with Crippen LogP contribution in [0.25, 0.3) is 22.8 Å². The number of aromatic nitrogens is 5. The first-order valence-corrected chi connectivity index (χ1v) is 12.1. The van der Waals surface area contributed by atoms with Crippen molar-refractivity contribution in [3.8, 4) is 11.8 Å². The number of benzene rings is 2. The lowest BCUT2D eigenvalue weighted by Gasteiger charge is -2.13. The zero-order chi connectivity index (χ0) is 25.5. The molecule has 0 spiro atoms. The van der Waals surface area contributed by atoms with E-state index in [0.29, 0.717) is 31.6 Å². The molecule has 0 amide bonds. The maximum atomic E-state index is 11.5. The molecule has 0 bridgehead atoms. The molecular formula is C28H25N5O4. The van der Waals surface area contributed by atoms with Crippen LogP contribution in [0.1, 0.15) is 46.3 Å². The SMILES string of the molecule is CCOc1nc2c(C)cc(C)nc2n1Cc1ccc2c(c1)COc1ccccc1C2=Cc1noc(=O)[nH]1. The minimum absolute atomic E-state index is 0.342. The van der Waals surface area contributed by atoms with Gasteiger partial charge in [-0.3, -0.25) is 14.1 Å². The van der Waals surface area contributed by atoms with Crippen LogP contribution in [0, 0.1) is 13.8 Å². The fourth-order valence-corrected chi connectivity index (χ4v) is 4.79. The summed E-state index contributed by atoms with van der Waals surface area (Å²) < 4.78 is 18.8. The molecule has 0 saturated carbocycles. The topological polar surface area (TPSA) is 108 Å². The van der Waals surface area contributed by atoms with E-state index in [9.17, 15) is 4.79 Å². The number of fused-ring (bicyclic) bond motifs is 3. The van der Waals surface area contributed by atoms with Gasteiger partial charge in [0, 0.05) is 11.3 Å². The second-order valence-electron chi connectivity index (χ2n) is 8.98. The average molecular weight is 496 g/mol. The highest BCUT2D eigenvalue weighted by atomic mass is 16.5. The van der Waals surface area contributed by atoms with Gasteiger partial charge in [0.1, 0.15) is 17.9 Å². The van der Waals surface area contributed by atoms with Gasteiger partial charge >= 0.3 is 5.76 Å². The lowest BCUT2D eigenvalue weighted by atomic mass is 9.92. The molecule has 6 rings (SSSR count). The molecule has 9 heteroatoms. The Morgan fingerprint density at radius 2 is 1.97 bits per heavy atom. The zero-order valence-electron chi connectivity index (χ0n) is 20.7. The van der Waals surface area contributed by atoms with Gasteiger partial charge in [-0.05, 0) is 72.9 Å². The van der Waals surface area contributed by atoms with E-state index < -0.39 is 5.76 Å². The molecule has 0 atom stereocenters. The van der Waals surface area contributed by atoms with Crippen molar-refractivity contribution in [2.24, 2.45) is 0 Å². The van der Waals surface area contributed by atoms with Gasteiger partial charge < -0.3 is 9.47 Å². The van der Waals surface area contributed by atoms with Gasteiger partial charge in [0.25, 0.3) is 6.01 Å². The molecule has 1 N–H and O–H groups in total. The Bertz CT molecular complexity index is 1730. The summed E-state index contributed by atoms with van der Waals surface area (Å²) in [4.78, 5) is 23.6. The highest BCUT2D eigenvalue weighted by Crippen LogP contribution is 2.38. The van der Waals surface area contributed by atoms with Crippen molar-refractivity contribution >= 4 is 22.8 Å². The van der Waals surface area contributed by atoms with E-state index in [1.54, 1.807) is 0 Å². The number of aromatic amines is 1. The van der Waals surface area contributed by atoms with Crippen LogP contribution in [-0.2, 0) is 13.2 Å². The quantitative estimate of drug-likeness (QED) is 0.378. The van der Waals surface area contributed by atoms with Crippen molar-refractivity contribution in [3.63, 3.8) is 0 Å². The van der Waals surface area contributed by atoms with Gasteiger partial charge in [-0.15, -0.1) is 0 Å². The molecule has 37 heavy (non-hydrogen) atoms. The van der Waals surface area contributed by atoms with Crippen molar-refractivity contribution in [3.05, 3.63) is 98.4 Å². The molecule has 5 aromatic rings. The van der Waals surface area contributed by atoms with Gasteiger partial charge in [0.05, 0.1) is 13.2 Å². The molecule has 0 fully saturated rings. The molecule has 9 nitrogen and oxygen atoms in total. The number of nitrogens with zero attached hydrogens (tertiary/aromatic N) is 4. The van der Waals surface area contributed by atoms with Crippen LogP contribution in [0.5, 0.6) is 11.8 Å². The molecule has 2 aromatic carbocycles. The summed E-state index contributed by atoms with van der Waals surface area (Å²) in [5, 5.41) is 3.83. The summed E-state index contributed by atoms with van der Waals surface area (Å²) in [6.07, 6.45) is 1.81. The molecule has 4 heterocycles. The van der Waals surface area contributed by atoms with E-state index in [1.165, 1.54) is 0 Å². The molecule has 0 saturated heterocycles. The van der Waals surface area contributed by atoms with Crippen molar-refractivity contribution in [2.45, 2.75) is 33.9 Å². The standard InChI is InChI=1S/C28H25N5O4/c1-4-35-27-31-25-16(2)11-17(3)29-26(25)33(27)14-18-9-10-20-19(12-18)15-36-23-8-6-5-7-21(23)22(20)13-24-30-28(34)37-32-24/h5-13H,4,14-15H2,1-3H3,(H,30,32,34). The van der Waals surface area contributed by atoms with Gasteiger partial charge in [-0.25, -0.2) is 9.78 Å². The predicted octanol–water partition coefficient (Wildman–Crippen LogP) is 4.65. The molecule has 3 aromatic heterocycles. The Morgan fingerprint density at radius 3 is 2.78 bits per heavy atom. The van der Waals surface area contributed by atoms with Crippen molar-refractivity contribution in [1.29, 1.82) is 0 Å². The second kappa shape index (κ2) is 9.09. The van der Waals surface area contributed by atoms with Crippen LogP contribution in [0.2, 0.25) is 0 Å². The van der Waals surface area contributed by atoms with Crippen LogP contribution >= 0.6 is 0 Å². The fraction of sp³-hybridized carbons (Fsp3) is 0.214. The summed E-state index contributed by atoms with van der Waals surface area (Å²) in [6.45, 7) is 7.41. The molecular weight excluding hydrogens is 470 g/mol. The number of para-hydroxylation sites is 1. The monoisotopic (exact) mass is 495 g/mol. The smallest absolute Gasteiger partial charge is 0.439 e. The Labute approximate surface area is 212 Å². The maximum absolute atomic E-state index is 11.5. The van der Waals surface area contributed by atoms with Crippen LogP contribution < -0.4 is 15.2 Å². The number of pyridine rings is 1. The second-order valence-corrected chi connectivity index (χ2v) is 8.98. The van der Waals surface area contributed by atoms with Crippen LogP contribution in [-0.4, -0.2) is 31.3 Å². The summed E-state index contributed by atoms with van der Waals surface area (Å²) in [6, 6.07) is 16.7. The van der Waals surface area contributed by atoms with Gasteiger partial charge in [0.2, 0.25) is 0 Å². The largest absolute Gasteiger partial charge is 0.488 e. The number of imidazole rings is 1. The highest BCUT2D eigenvalue weighted by Gasteiger charge is 2.21. The van der Waals surface area contributed by atoms with Crippen molar-refractivity contribution in [1.82, 2.24) is 24.7 Å². The molecule has 1 aliphatic rings. The number of nitrogens with one attached hydrogen (secondary N) is 1. The molecule has 0 radical (unpaired) electrons. The van der Waals surface area contributed by atoms with E-state index in [-0.39, 0.29) is 0 Å². The average Bonchev–Trinajstić information content (AvgIpc) is 3.40. The van der Waals surface area contributed by atoms with E-state index >= 15 is 0 Å². The third-order valence-electron chi connectivity index (χ3n) is 6.36. The minimum atomic E-state index is -0.600. The Kier molecular flexibility index (Phi) is 5.60. The van der Waals surface area contributed by atoms with Gasteiger partial charge in [-0.2, -0.15) is 4.98 Å². The molecule has 0 aliphatic carbocycles. The first-order chi connectivity index (χ1) is 18.0. The molecule has 186 valence electrons. The Morgan fingerprint density at radius 1 is 1.11 bits per heavy atom. The molecule has 1 aliphatic heterocycles. The summed E-state index contributed by atoms with van der Waals surface area (Å²) in [5.74, 6) is 0.499. The third-order valence-corrected chi connectivity index (χ3v) is 6.36. The van der Waals surface area contributed by atoms with E-state index in [1.807, 2.05) is 61.7 Å². The number of hydrogen-bond donors (Lipinski definition) is 1. The van der Waals surface area contributed by atoms with Crippen LogP contribution in [0.15, 0.2) is 57.8 Å². The normalized spacial score (nSPS) is 13.8. The van der Waals surface area contributed by atoms with Gasteiger partial charge in [-0.1, -0.05) is 35.5 Å². The lowest BCUT2D eigenvalue weighted by molar-refractivity contribution is 0.300. The van der Waals surface area contributed by atoms with Crippen molar-refractivity contribution in [2.75, 3.05) is 6.61 Å². The van der Waals surface area contributed by atoms with E-state index in [2.05, 4.69) is 28.3 Å². The summed E-state index contributed by atoms with van der Waals surface area (Å²) >= 11 is 0. The minimum Gasteiger partial charge on any atom is -0.488 e. The fourth-order valence-electron chi connectivity index (χ4n) is 4.79. The lowest BCUT2D eigenvalue weighted by Crippen LogP contribution is -2.07. The van der Waals surface area contributed by atoms with Crippen LogP contribution in [0.3, 0.4) is 0 Å². The predicted molar refractivity (Wildman–Crippen MR) is 139 cm³/mol. The first kappa shape index (κ1) is 22.8. The highest BCUT2D eigenvalue weighted by molar-refractivity contribution is 5.93. The van der Waals surface area contributed by atoms with Crippen LogP contribution in [0.4, 0.5) is 0 Å². The number of hydrogen-bond acceptors (Lipinski definition) is 7. The first-order valence-electron chi connectivity index (χ1n) is 12.1.